The normalized spacial score (nSPS) is 20.2. The zero-order valence-electron chi connectivity index (χ0n) is 13.6. The minimum absolute atomic E-state index is 0.0110. The molecule has 2 unspecified atom stereocenters. The van der Waals surface area contributed by atoms with E-state index >= 15 is 0 Å². The predicted molar refractivity (Wildman–Crippen MR) is 89.0 cm³/mol. The number of aliphatic hydroxyl groups excluding tert-OH is 1. The molecule has 3 rings (SSSR count). The van der Waals surface area contributed by atoms with E-state index in [0.717, 1.165) is 24.8 Å². The van der Waals surface area contributed by atoms with Crippen LogP contribution in [0.15, 0.2) is 34.7 Å². The highest BCUT2D eigenvalue weighted by atomic mass is 16.4. The summed E-state index contributed by atoms with van der Waals surface area (Å²) in [4.78, 5) is 11.9. The topological polar surface area (TPSA) is 88.2 Å². The Labute approximate surface area is 141 Å². The Bertz CT molecular complexity index is 657. The summed E-state index contributed by atoms with van der Waals surface area (Å²) in [5.74, 6) is 1.27. The summed E-state index contributed by atoms with van der Waals surface area (Å²) in [5.41, 5.74) is 0.893. The van der Waals surface area contributed by atoms with Gasteiger partial charge >= 0.3 is 0 Å². The molecule has 0 aliphatic heterocycles. The van der Waals surface area contributed by atoms with Crippen LogP contribution in [-0.2, 0) is 11.2 Å². The Morgan fingerprint density at radius 1 is 1.25 bits per heavy atom. The first-order valence-corrected chi connectivity index (χ1v) is 8.55. The molecule has 24 heavy (non-hydrogen) atoms. The van der Waals surface area contributed by atoms with Crippen molar-refractivity contribution in [1.82, 2.24) is 15.5 Å². The Morgan fingerprint density at radius 2 is 2.08 bits per heavy atom. The molecule has 0 saturated heterocycles. The number of nitrogens with zero attached hydrogens (tertiary/aromatic N) is 2. The maximum Gasteiger partial charge on any atom is 0.247 e. The van der Waals surface area contributed by atoms with E-state index in [4.69, 9.17) is 4.42 Å². The summed E-state index contributed by atoms with van der Waals surface area (Å²) in [5, 5.41) is 20.7. The molecule has 1 amide bonds. The number of benzene rings is 1. The summed E-state index contributed by atoms with van der Waals surface area (Å²) >= 11 is 0. The second kappa shape index (κ2) is 8.06. The second-order valence-electron chi connectivity index (χ2n) is 6.28. The zero-order valence-corrected chi connectivity index (χ0v) is 13.6. The fourth-order valence-corrected chi connectivity index (χ4v) is 3.04. The Kier molecular flexibility index (Phi) is 5.59. The predicted octanol–water partition coefficient (Wildman–Crippen LogP) is 2.34. The smallest absolute Gasteiger partial charge is 0.247 e. The average Bonchev–Trinajstić information content (AvgIpc) is 3.23. The Hall–Kier alpha value is -2.21. The Balaban J connectivity index is 1.39. The number of hydrogen-bond donors (Lipinski definition) is 2. The maximum absolute atomic E-state index is 11.9. The van der Waals surface area contributed by atoms with Gasteiger partial charge in [0.1, 0.15) is 0 Å². The van der Waals surface area contributed by atoms with Gasteiger partial charge in [-0.05, 0) is 31.4 Å². The summed E-state index contributed by atoms with van der Waals surface area (Å²) in [6.07, 6.45) is 4.29. The van der Waals surface area contributed by atoms with E-state index in [1.165, 1.54) is 0 Å². The lowest BCUT2D eigenvalue weighted by molar-refractivity contribution is -0.121. The van der Waals surface area contributed by atoms with Crippen LogP contribution in [0.4, 0.5) is 0 Å². The number of aryl methyl sites for hydroxylation is 1. The number of carbonyl (C=O) groups is 1. The molecule has 0 radical (unpaired) electrons. The van der Waals surface area contributed by atoms with Crippen LogP contribution < -0.4 is 5.32 Å². The standard InChI is InChI=1S/C18H23N3O3/c22-15-9-4-8-14(15)12-19-16(23)10-5-11-17-20-21-18(24-17)13-6-2-1-3-7-13/h1-3,6-7,14-15,22H,4-5,8-12H2,(H,19,23). The second-order valence-corrected chi connectivity index (χ2v) is 6.28. The first-order chi connectivity index (χ1) is 11.7. The van der Waals surface area contributed by atoms with Crippen molar-refractivity contribution < 1.29 is 14.3 Å². The number of amides is 1. The molecule has 6 heteroatoms. The van der Waals surface area contributed by atoms with Crippen LogP contribution in [0, 0.1) is 5.92 Å². The summed E-state index contributed by atoms with van der Waals surface area (Å²) in [6.45, 7) is 0.568. The maximum atomic E-state index is 11.9. The van der Waals surface area contributed by atoms with E-state index in [9.17, 15) is 9.90 Å². The summed E-state index contributed by atoms with van der Waals surface area (Å²) in [7, 11) is 0. The van der Waals surface area contributed by atoms with Crippen molar-refractivity contribution in [2.45, 2.75) is 44.6 Å². The number of hydrogen-bond acceptors (Lipinski definition) is 5. The molecule has 0 bridgehead atoms. The van der Waals surface area contributed by atoms with Crippen LogP contribution in [0.2, 0.25) is 0 Å². The van der Waals surface area contributed by atoms with Gasteiger partial charge in [-0.2, -0.15) is 0 Å². The third kappa shape index (κ3) is 4.41. The number of rotatable bonds is 7. The van der Waals surface area contributed by atoms with Gasteiger partial charge in [-0.15, -0.1) is 10.2 Å². The molecular formula is C18H23N3O3. The lowest BCUT2D eigenvalue weighted by Crippen LogP contribution is -2.32. The van der Waals surface area contributed by atoms with Crippen molar-refractivity contribution in [3.05, 3.63) is 36.2 Å². The molecule has 128 valence electrons. The molecule has 1 fully saturated rings. The average molecular weight is 329 g/mol. The molecule has 0 spiro atoms. The van der Waals surface area contributed by atoms with Gasteiger partial charge in [-0.3, -0.25) is 4.79 Å². The highest BCUT2D eigenvalue weighted by Gasteiger charge is 2.25. The summed E-state index contributed by atoms with van der Waals surface area (Å²) < 4.78 is 5.62. The van der Waals surface area contributed by atoms with Gasteiger partial charge in [-0.25, -0.2) is 0 Å². The number of aliphatic hydroxyl groups is 1. The molecule has 6 nitrogen and oxygen atoms in total. The number of carbonyl (C=O) groups excluding carboxylic acids is 1. The Morgan fingerprint density at radius 3 is 2.83 bits per heavy atom. The van der Waals surface area contributed by atoms with Crippen molar-refractivity contribution in [2.75, 3.05) is 6.54 Å². The van der Waals surface area contributed by atoms with Crippen LogP contribution in [0.25, 0.3) is 11.5 Å². The van der Waals surface area contributed by atoms with Gasteiger partial charge in [0, 0.05) is 30.9 Å². The SMILES string of the molecule is O=C(CCCc1nnc(-c2ccccc2)o1)NCC1CCCC1O. The third-order valence-corrected chi connectivity index (χ3v) is 4.46. The first kappa shape index (κ1) is 16.6. The van der Waals surface area contributed by atoms with Crippen molar-refractivity contribution >= 4 is 5.91 Å². The van der Waals surface area contributed by atoms with Gasteiger partial charge in [0.05, 0.1) is 6.10 Å². The quantitative estimate of drug-likeness (QED) is 0.814. The van der Waals surface area contributed by atoms with E-state index in [2.05, 4.69) is 15.5 Å². The monoisotopic (exact) mass is 329 g/mol. The summed E-state index contributed by atoms with van der Waals surface area (Å²) in [6, 6.07) is 9.62. The largest absolute Gasteiger partial charge is 0.421 e. The third-order valence-electron chi connectivity index (χ3n) is 4.46. The van der Waals surface area contributed by atoms with Crippen LogP contribution in [0.1, 0.15) is 38.0 Å². The van der Waals surface area contributed by atoms with E-state index in [-0.39, 0.29) is 17.9 Å². The molecular weight excluding hydrogens is 306 g/mol. The minimum atomic E-state index is -0.264. The lowest BCUT2D eigenvalue weighted by Gasteiger charge is -2.14. The molecule has 2 atom stereocenters. The molecule has 1 saturated carbocycles. The molecule has 1 aliphatic rings. The minimum Gasteiger partial charge on any atom is -0.421 e. The van der Waals surface area contributed by atoms with Gasteiger partial charge in [-0.1, -0.05) is 24.6 Å². The van der Waals surface area contributed by atoms with Crippen molar-refractivity contribution in [3.63, 3.8) is 0 Å². The van der Waals surface area contributed by atoms with Gasteiger partial charge in [0.15, 0.2) is 0 Å². The van der Waals surface area contributed by atoms with Gasteiger partial charge in [0.2, 0.25) is 17.7 Å². The van der Waals surface area contributed by atoms with Crippen molar-refractivity contribution in [3.8, 4) is 11.5 Å². The van der Waals surface area contributed by atoms with Crippen molar-refractivity contribution in [2.24, 2.45) is 5.92 Å². The highest BCUT2D eigenvalue weighted by Crippen LogP contribution is 2.24. The van der Waals surface area contributed by atoms with E-state index in [1.54, 1.807) is 0 Å². The molecule has 1 aromatic heterocycles. The van der Waals surface area contributed by atoms with Gasteiger partial charge in [0.25, 0.3) is 0 Å². The highest BCUT2D eigenvalue weighted by molar-refractivity contribution is 5.75. The molecule has 1 heterocycles. The zero-order chi connectivity index (χ0) is 16.8. The lowest BCUT2D eigenvalue weighted by atomic mass is 10.1. The first-order valence-electron chi connectivity index (χ1n) is 8.55. The number of aromatic nitrogens is 2. The van der Waals surface area contributed by atoms with Crippen LogP contribution >= 0.6 is 0 Å². The number of nitrogens with one attached hydrogen (secondary N) is 1. The van der Waals surface area contributed by atoms with E-state index in [0.29, 0.717) is 37.6 Å². The van der Waals surface area contributed by atoms with Crippen molar-refractivity contribution in [1.29, 1.82) is 0 Å². The molecule has 2 aromatic rings. The van der Waals surface area contributed by atoms with Crippen LogP contribution in [-0.4, -0.2) is 33.9 Å². The molecule has 1 aromatic carbocycles. The van der Waals surface area contributed by atoms with Crippen LogP contribution in [0.5, 0.6) is 0 Å². The molecule has 2 N–H and O–H groups in total. The molecule has 1 aliphatic carbocycles. The van der Waals surface area contributed by atoms with E-state index < -0.39 is 0 Å². The van der Waals surface area contributed by atoms with Crippen LogP contribution in [0.3, 0.4) is 0 Å². The fraction of sp³-hybridized carbons (Fsp3) is 0.500. The van der Waals surface area contributed by atoms with Gasteiger partial charge < -0.3 is 14.8 Å². The fourth-order valence-electron chi connectivity index (χ4n) is 3.04. The van der Waals surface area contributed by atoms with E-state index in [1.807, 2.05) is 30.3 Å².